The van der Waals surface area contributed by atoms with Gasteiger partial charge in [-0.25, -0.2) is 0 Å². The zero-order valence-electron chi connectivity index (χ0n) is 18.7. The maximum Gasteiger partial charge on any atom is 0.420 e. The summed E-state index contributed by atoms with van der Waals surface area (Å²) in [5.41, 5.74) is 0. The Balaban J connectivity index is 6.17. The summed E-state index contributed by atoms with van der Waals surface area (Å²) in [5, 5.41) is 0. The Bertz CT molecular complexity index is 702. The summed E-state index contributed by atoms with van der Waals surface area (Å²) in [4.78, 5) is 0. The van der Waals surface area contributed by atoms with E-state index in [9.17, 15) is 16.8 Å². The average Bonchev–Trinajstić information content (AvgIpc) is 2.69. The van der Waals surface area contributed by atoms with Gasteiger partial charge in [-0.05, 0) is 50.3 Å². The zero-order valence-corrected chi connectivity index (χ0v) is 20.3. The van der Waals surface area contributed by atoms with E-state index >= 15 is 0 Å². The number of nitrogens with zero attached hydrogens (tertiary/aromatic N) is 4. The van der Waals surface area contributed by atoms with Gasteiger partial charge in [0.1, 0.15) is 0 Å². The quantitative estimate of drug-likeness (QED) is 0.273. The maximum absolute atomic E-state index is 12.8. The van der Waals surface area contributed by atoms with Gasteiger partial charge < -0.3 is 14.2 Å². The van der Waals surface area contributed by atoms with E-state index in [2.05, 4.69) is 8.80 Å². The van der Waals surface area contributed by atoms with E-state index in [-0.39, 0.29) is 7.78 Å². The molecular formula is C16H36N4O7S2+2. The van der Waals surface area contributed by atoms with Gasteiger partial charge in [0.2, 0.25) is 0 Å². The Hall–Kier alpha value is -1.44. The molecule has 13 heteroatoms. The van der Waals surface area contributed by atoms with Crippen molar-refractivity contribution in [1.29, 1.82) is 0 Å². The highest BCUT2D eigenvalue weighted by atomic mass is 32.2. The van der Waals surface area contributed by atoms with Crippen LogP contribution in [0.1, 0.15) is 41.5 Å². The Morgan fingerprint density at radius 1 is 0.621 bits per heavy atom. The minimum Gasteiger partial charge on any atom is -0.453 e. The number of quaternary nitrogens is 2. The van der Waals surface area contributed by atoms with E-state index < -0.39 is 32.6 Å². The lowest BCUT2D eigenvalue weighted by Gasteiger charge is -2.31. The molecule has 0 amide bonds. The molecule has 11 nitrogen and oxygen atoms in total. The number of hydrogen-bond acceptors (Lipinski definition) is 7. The fourth-order valence-corrected chi connectivity index (χ4v) is 5.86. The molecule has 0 N–H and O–H groups in total. The molecule has 0 aliphatic rings. The van der Waals surface area contributed by atoms with Crippen LogP contribution in [0.15, 0.2) is 8.80 Å². The summed E-state index contributed by atoms with van der Waals surface area (Å²) in [5.74, 6) is 0. The van der Waals surface area contributed by atoms with Crippen LogP contribution < -0.4 is 0 Å². The molecule has 0 aliphatic carbocycles. The van der Waals surface area contributed by atoms with Gasteiger partial charge in [-0.15, -0.1) is 16.8 Å². The first-order valence-corrected chi connectivity index (χ1v) is 12.4. The molecule has 0 bridgehead atoms. The number of ether oxygens (including phenoxy) is 3. The molecule has 172 valence electrons. The summed E-state index contributed by atoms with van der Waals surface area (Å²) < 4.78 is 72.7. The monoisotopic (exact) mass is 460 g/mol. The van der Waals surface area contributed by atoms with Crippen LogP contribution in [0.3, 0.4) is 0 Å². The molecule has 0 aromatic carbocycles. The van der Waals surface area contributed by atoms with Gasteiger partial charge in [-0.3, -0.25) is 0 Å². The molecule has 0 rings (SSSR count). The van der Waals surface area contributed by atoms with Crippen LogP contribution in [-0.2, 0) is 34.6 Å². The van der Waals surface area contributed by atoms with Crippen LogP contribution in [-0.4, -0.2) is 90.3 Å². The van der Waals surface area contributed by atoms with Crippen LogP contribution in [0.5, 0.6) is 0 Å². The molecule has 0 saturated heterocycles. The molecule has 0 saturated carbocycles. The highest BCUT2D eigenvalue weighted by Crippen LogP contribution is 2.19. The van der Waals surface area contributed by atoms with Crippen molar-refractivity contribution in [2.75, 3.05) is 53.5 Å². The molecule has 0 heterocycles. The summed E-state index contributed by atoms with van der Waals surface area (Å²) >= 11 is 0. The SMILES string of the molecule is CC[N+](CC)(CC)S(=O)(=O)N=C(OC)OC(=NS(=O)(=O)[N+](CC)(CC)CC)OC. The van der Waals surface area contributed by atoms with Gasteiger partial charge in [0.25, 0.3) is 0 Å². The van der Waals surface area contributed by atoms with Gasteiger partial charge in [-0.1, -0.05) is 0 Å². The van der Waals surface area contributed by atoms with E-state index in [4.69, 9.17) is 14.2 Å². The zero-order chi connectivity index (χ0) is 22.9. The molecule has 29 heavy (non-hydrogen) atoms. The molecule has 0 spiro atoms. The predicted molar refractivity (Wildman–Crippen MR) is 112 cm³/mol. The second-order valence-electron chi connectivity index (χ2n) is 6.13. The first-order chi connectivity index (χ1) is 13.4. The average molecular weight is 461 g/mol. The second-order valence-corrected chi connectivity index (χ2v) is 9.84. The molecule has 0 aromatic rings. The van der Waals surface area contributed by atoms with E-state index in [1.54, 1.807) is 41.5 Å². The van der Waals surface area contributed by atoms with E-state index in [0.717, 1.165) is 14.2 Å². The van der Waals surface area contributed by atoms with Gasteiger partial charge in [-0.2, -0.15) is 7.78 Å². The smallest absolute Gasteiger partial charge is 0.420 e. The maximum atomic E-state index is 12.8. The molecule has 0 unspecified atom stereocenters. The van der Waals surface area contributed by atoms with Crippen molar-refractivity contribution in [3.05, 3.63) is 0 Å². The number of hydrogen-bond donors (Lipinski definition) is 0. The van der Waals surface area contributed by atoms with Crippen molar-refractivity contribution in [1.82, 2.24) is 0 Å². The summed E-state index contributed by atoms with van der Waals surface area (Å²) in [6.45, 7) is 12.2. The van der Waals surface area contributed by atoms with Gasteiger partial charge in [0, 0.05) is 0 Å². The Morgan fingerprint density at radius 2 is 0.862 bits per heavy atom. The van der Waals surface area contributed by atoms with Crippen LogP contribution in [0, 0.1) is 0 Å². The van der Waals surface area contributed by atoms with Gasteiger partial charge in [0.15, 0.2) is 0 Å². The number of methoxy groups -OCH3 is 2. The lowest BCUT2D eigenvalue weighted by atomic mass is 10.5. The van der Waals surface area contributed by atoms with Crippen molar-refractivity contribution in [3.8, 4) is 0 Å². The largest absolute Gasteiger partial charge is 0.453 e. The van der Waals surface area contributed by atoms with Crippen LogP contribution in [0.25, 0.3) is 0 Å². The first kappa shape index (κ1) is 27.6. The third-order valence-electron chi connectivity index (χ3n) is 5.34. The van der Waals surface area contributed by atoms with Crippen molar-refractivity contribution in [2.45, 2.75) is 41.5 Å². The van der Waals surface area contributed by atoms with E-state index in [0.29, 0.717) is 39.3 Å². The molecule has 0 aliphatic heterocycles. The van der Waals surface area contributed by atoms with Crippen LogP contribution in [0.4, 0.5) is 0 Å². The van der Waals surface area contributed by atoms with Crippen LogP contribution in [0.2, 0.25) is 0 Å². The summed E-state index contributed by atoms with van der Waals surface area (Å²) in [7, 11) is -5.84. The van der Waals surface area contributed by atoms with Crippen molar-refractivity contribution >= 4 is 32.6 Å². The Labute approximate surface area is 175 Å². The first-order valence-electron chi connectivity index (χ1n) is 9.62. The third-order valence-corrected chi connectivity index (χ3v) is 9.61. The number of rotatable bonds is 10. The highest BCUT2D eigenvalue weighted by molar-refractivity contribution is 7.85. The normalized spacial score (nSPS) is 14.6. The molecule has 0 radical (unpaired) electrons. The van der Waals surface area contributed by atoms with Crippen molar-refractivity contribution < 1.29 is 38.8 Å². The molecule has 0 aromatic heterocycles. The van der Waals surface area contributed by atoms with Crippen molar-refractivity contribution in [2.24, 2.45) is 8.80 Å². The molecular weight excluding hydrogens is 424 g/mol. The van der Waals surface area contributed by atoms with Crippen LogP contribution >= 0.6 is 0 Å². The Morgan fingerprint density at radius 3 is 1.03 bits per heavy atom. The fraction of sp³-hybridized carbons (Fsp3) is 0.875. The molecule has 0 atom stereocenters. The lowest BCUT2D eigenvalue weighted by molar-refractivity contribution is -0.800. The second kappa shape index (κ2) is 11.1. The van der Waals surface area contributed by atoms with E-state index in [1.807, 2.05) is 0 Å². The summed E-state index contributed by atoms with van der Waals surface area (Å²) in [6, 6.07) is 0. The standard InChI is InChI=1S/C16H36N4O7S2/c1-9-19(10-2,11-3)28(21,22)17-15(25-7)27-16(26-8)18-29(23,24)20(12-4,13-5)14-6/h9-14H2,1-8H3/q+2. The summed E-state index contributed by atoms with van der Waals surface area (Å²) in [6.07, 6.45) is -1.36. The van der Waals surface area contributed by atoms with E-state index in [1.165, 1.54) is 0 Å². The fourth-order valence-electron chi connectivity index (χ4n) is 2.95. The van der Waals surface area contributed by atoms with Gasteiger partial charge >= 0.3 is 32.6 Å². The molecule has 0 fully saturated rings. The lowest BCUT2D eigenvalue weighted by Crippen LogP contribution is -2.51. The minimum atomic E-state index is -4.07. The predicted octanol–water partition coefficient (Wildman–Crippen LogP) is 1.25. The topological polar surface area (TPSA) is 121 Å². The third kappa shape index (κ3) is 5.80. The minimum absolute atomic E-state index is 0.291. The Kier molecular flexibility index (Phi) is 10.5. The highest BCUT2D eigenvalue weighted by Gasteiger charge is 2.40. The van der Waals surface area contributed by atoms with Crippen molar-refractivity contribution in [3.63, 3.8) is 0 Å². The van der Waals surface area contributed by atoms with Gasteiger partial charge in [0.05, 0.1) is 53.5 Å².